The van der Waals surface area contributed by atoms with E-state index in [1.165, 1.54) is 35.1 Å². The van der Waals surface area contributed by atoms with E-state index in [9.17, 15) is 18.4 Å². The van der Waals surface area contributed by atoms with Crippen LogP contribution in [-0.4, -0.2) is 34.8 Å². The van der Waals surface area contributed by atoms with E-state index in [4.69, 9.17) is 0 Å². The summed E-state index contributed by atoms with van der Waals surface area (Å²) in [5.41, 5.74) is 0.532. The number of anilines is 1. The Hall–Kier alpha value is -2.97. The van der Waals surface area contributed by atoms with Gasteiger partial charge in [0, 0.05) is 19.2 Å². The predicted molar refractivity (Wildman–Crippen MR) is 86.9 cm³/mol. The van der Waals surface area contributed by atoms with E-state index in [1.807, 2.05) is 6.92 Å². The van der Waals surface area contributed by atoms with Crippen molar-refractivity contribution >= 4 is 17.5 Å². The van der Waals surface area contributed by atoms with Crippen LogP contribution >= 0.6 is 0 Å². The van der Waals surface area contributed by atoms with Crippen LogP contribution in [0.4, 0.5) is 14.5 Å². The van der Waals surface area contributed by atoms with Gasteiger partial charge in [0.2, 0.25) is 0 Å². The lowest BCUT2D eigenvalue weighted by molar-refractivity contribution is -0.0498. The minimum absolute atomic E-state index is 0.113. The van der Waals surface area contributed by atoms with E-state index >= 15 is 0 Å². The average molecular weight is 352 g/mol. The van der Waals surface area contributed by atoms with Gasteiger partial charge in [-0.25, -0.2) is 0 Å². The number of rotatable bonds is 7. The summed E-state index contributed by atoms with van der Waals surface area (Å²) in [6, 6.07) is 5.37. The Morgan fingerprint density at radius 2 is 2.08 bits per heavy atom. The zero-order chi connectivity index (χ0) is 18.4. The number of hydrogen-bond donors (Lipinski definition) is 2. The quantitative estimate of drug-likeness (QED) is 0.801. The Bertz CT molecular complexity index is 762. The molecule has 0 aliphatic carbocycles. The van der Waals surface area contributed by atoms with Gasteiger partial charge in [0.15, 0.2) is 0 Å². The maximum absolute atomic E-state index is 12.3. The summed E-state index contributed by atoms with van der Waals surface area (Å²) >= 11 is 0. The van der Waals surface area contributed by atoms with E-state index in [0.717, 1.165) is 6.42 Å². The standard InChI is InChI=1S/C16H18F2N4O3/c1-3-7-19-15(24)13-12(9-20-22(13)2)21-14(23)10-5-4-6-11(8-10)25-16(17)18/h4-6,8-9,16H,3,7H2,1-2H3,(H,19,24)(H,21,23). The molecule has 0 radical (unpaired) electrons. The van der Waals surface area contributed by atoms with Crippen LogP contribution in [0.5, 0.6) is 5.75 Å². The third-order valence-electron chi connectivity index (χ3n) is 3.26. The van der Waals surface area contributed by atoms with Gasteiger partial charge < -0.3 is 15.4 Å². The first-order chi connectivity index (χ1) is 11.9. The third kappa shape index (κ3) is 4.75. The molecule has 7 nitrogen and oxygen atoms in total. The molecule has 0 atom stereocenters. The van der Waals surface area contributed by atoms with Crippen LogP contribution in [0.25, 0.3) is 0 Å². The van der Waals surface area contributed by atoms with Gasteiger partial charge in [-0.05, 0) is 24.6 Å². The van der Waals surface area contributed by atoms with Gasteiger partial charge >= 0.3 is 6.61 Å². The highest BCUT2D eigenvalue weighted by molar-refractivity contribution is 6.08. The van der Waals surface area contributed by atoms with Crippen molar-refractivity contribution in [1.29, 1.82) is 0 Å². The van der Waals surface area contributed by atoms with Gasteiger partial charge in [-0.3, -0.25) is 14.3 Å². The number of aryl methyl sites for hydroxylation is 1. The Balaban J connectivity index is 2.17. The molecule has 1 aromatic heterocycles. The van der Waals surface area contributed by atoms with E-state index in [-0.39, 0.29) is 28.6 Å². The molecule has 0 fully saturated rings. The molecule has 0 bridgehead atoms. The molecule has 0 aliphatic rings. The summed E-state index contributed by atoms with van der Waals surface area (Å²) in [6.07, 6.45) is 2.11. The van der Waals surface area contributed by atoms with Crippen LogP contribution in [0.3, 0.4) is 0 Å². The second-order valence-electron chi connectivity index (χ2n) is 5.15. The van der Waals surface area contributed by atoms with E-state index in [2.05, 4.69) is 20.5 Å². The summed E-state index contributed by atoms with van der Waals surface area (Å²) in [5, 5.41) is 9.23. The number of nitrogens with zero attached hydrogens (tertiary/aromatic N) is 2. The number of carbonyl (C=O) groups is 2. The molecule has 25 heavy (non-hydrogen) atoms. The highest BCUT2D eigenvalue weighted by Crippen LogP contribution is 2.19. The molecule has 2 N–H and O–H groups in total. The smallest absolute Gasteiger partial charge is 0.387 e. The largest absolute Gasteiger partial charge is 0.435 e. The average Bonchev–Trinajstić information content (AvgIpc) is 2.92. The van der Waals surface area contributed by atoms with Crippen molar-refractivity contribution in [2.24, 2.45) is 7.05 Å². The summed E-state index contributed by atoms with van der Waals surface area (Å²) in [5.74, 6) is -1.07. The van der Waals surface area contributed by atoms with Gasteiger partial charge in [0.1, 0.15) is 11.4 Å². The first-order valence-electron chi connectivity index (χ1n) is 7.58. The van der Waals surface area contributed by atoms with Crippen LogP contribution in [0, 0.1) is 0 Å². The lowest BCUT2D eigenvalue weighted by atomic mass is 10.2. The fourth-order valence-corrected chi connectivity index (χ4v) is 2.13. The number of carbonyl (C=O) groups excluding carboxylic acids is 2. The molecule has 0 unspecified atom stereocenters. The van der Waals surface area contributed by atoms with Gasteiger partial charge in [-0.2, -0.15) is 13.9 Å². The molecular formula is C16H18F2N4O3. The number of alkyl halides is 2. The summed E-state index contributed by atoms with van der Waals surface area (Å²) < 4.78 is 30.2. The Morgan fingerprint density at radius 1 is 1.32 bits per heavy atom. The first kappa shape index (κ1) is 18.4. The van der Waals surface area contributed by atoms with E-state index in [0.29, 0.717) is 6.54 Å². The van der Waals surface area contributed by atoms with Gasteiger partial charge in [-0.1, -0.05) is 13.0 Å². The van der Waals surface area contributed by atoms with Gasteiger partial charge in [0.25, 0.3) is 11.8 Å². The van der Waals surface area contributed by atoms with E-state index < -0.39 is 12.5 Å². The predicted octanol–water partition coefficient (Wildman–Crippen LogP) is 2.41. The molecule has 134 valence electrons. The monoisotopic (exact) mass is 352 g/mol. The maximum atomic E-state index is 12.3. The lowest BCUT2D eigenvalue weighted by Crippen LogP contribution is -2.27. The number of amides is 2. The van der Waals surface area contributed by atoms with Crippen molar-refractivity contribution in [3.8, 4) is 5.75 Å². The van der Waals surface area contributed by atoms with Crippen molar-refractivity contribution in [3.63, 3.8) is 0 Å². The summed E-state index contributed by atoms with van der Waals surface area (Å²) in [4.78, 5) is 24.5. The highest BCUT2D eigenvalue weighted by atomic mass is 19.3. The van der Waals surface area contributed by atoms with Crippen LogP contribution in [0.2, 0.25) is 0 Å². The van der Waals surface area contributed by atoms with Crippen molar-refractivity contribution in [2.45, 2.75) is 20.0 Å². The fraction of sp³-hybridized carbons (Fsp3) is 0.312. The minimum Gasteiger partial charge on any atom is -0.435 e. The summed E-state index contributed by atoms with van der Waals surface area (Å²) in [6.45, 7) is -0.573. The molecule has 0 aliphatic heterocycles. The SMILES string of the molecule is CCCNC(=O)c1c(NC(=O)c2cccc(OC(F)F)c2)cnn1C. The van der Waals surface area contributed by atoms with Crippen molar-refractivity contribution < 1.29 is 23.1 Å². The number of nitrogens with one attached hydrogen (secondary N) is 2. The number of hydrogen-bond acceptors (Lipinski definition) is 4. The maximum Gasteiger partial charge on any atom is 0.387 e. The normalized spacial score (nSPS) is 10.6. The Labute approximate surface area is 143 Å². The highest BCUT2D eigenvalue weighted by Gasteiger charge is 2.19. The molecule has 9 heteroatoms. The number of ether oxygens (including phenoxy) is 1. The molecule has 2 amide bonds. The fourth-order valence-electron chi connectivity index (χ4n) is 2.13. The van der Waals surface area contributed by atoms with Crippen LogP contribution < -0.4 is 15.4 Å². The van der Waals surface area contributed by atoms with Gasteiger partial charge in [0.05, 0.1) is 11.9 Å². The number of halogens is 2. The molecule has 2 aromatic rings. The molecular weight excluding hydrogens is 334 g/mol. The third-order valence-corrected chi connectivity index (χ3v) is 3.26. The van der Waals surface area contributed by atoms with Crippen molar-refractivity contribution in [2.75, 3.05) is 11.9 Å². The Morgan fingerprint density at radius 3 is 2.76 bits per heavy atom. The first-order valence-corrected chi connectivity index (χ1v) is 7.58. The molecule has 0 saturated heterocycles. The summed E-state index contributed by atoms with van der Waals surface area (Å²) in [7, 11) is 1.58. The van der Waals surface area contributed by atoms with Crippen LogP contribution in [0.15, 0.2) is 30.5 Å². The zero-order valence-corrected chi connectivity index (χ0v) is 13.8. The van der Waals surface area contributed by atoms with Crippen LogP contribution in [-0.2, 0) is 7.05 Å². The van der Waals surface area contributed by atoms with Gasteiger partial charge in [-0.15, -0.1) is 0 Å². The van der Waals surface area contributed by atoms with Crippen LogP contribution in [0.1, 0.15) is 34.2 Å². The molecule has 1 heterocycles. The molecule has 1 aromatic carbocycles. The second-order valence-corrected chi connectivity index (χ2v) is 5.15. The van der Waals surface area contributed by atoms with E-state index in [1.54, 1.807) is 7.05 Å². The lowest BCUT2D eigenvalue weighted by Gasteiger charge is -2.09. The van der Waals surface area contributed by atoms with Crippen molar-refractivity contribution in [1.82, 2.24) is 15.1 Å². The molecule has 2 rings (SSSR count). The topological polar surface area (TPSA) is 85.2 Å². The van der Waals surface area contributed by atoms with Crippen molar-refractivity contribution in [3.05, 3.63) is 41.7 Å². The second kappa shape index (κ2) is 8.22. The minimum atomic E-state index is -2.98. The number of benzene rings is 1. The number of aromatic nitrogens is 2. The molecule has 0 spiro atoms. The Kier molecular flexibility index (Phi) is 6.04. The molecule has 0 saturated carbocycles. The zero-order valence-electron chi connectivity index (χ0n) is 13.8.